The molecule has 0 unspecified atom stereocenters. The monoisotopic (exact) mass is 460 g/mol. The Hall–Kier alpha value is -2.77. The van der Waals surface area contributed by atoms with Crippen molar-refractivity contribution in [2.24, 2.45) is 4.99 Å². The Labute approximate surface area is 190 Å². The van der Waals surface area contributed by atoms with E-state index < -0.39 is 0 Å². The van der Waals surface area contributed by atoms with Crippen LogP contribution in [-0.4, -0.2) is 31.8 Å². The summed E-state index contributed by atoms with van der Waals surface area (Å²) in [6.07, 6.45) is 0.830. The van der Waals surface area contributed by atoms with Gasteiger partial charge in [-0.25, -0.2) is 0 Å². The van der Waals surface area contributed by atoms with Crippen LogP contribution in [0.15, 0.2) is 41.4 Å². The van der Waals surface area contributed by atoms with E-state index in [9.17, 15) is 4.79 Å². The van der Waals surface area contributed by atoms with Crippen LogP contribution in [0.3, 0.4) is 0 Å². The molecule has 0 aliphatic carbocycles. The minimum absolute atomic E-state index is 0.358. The van der Waals surface area contributed by atoms with Crippen molar-refractivity contribution in [1.82, 2.24) is 4.57 Å². The van der Waals surface area contributed by atoms with Gasteiger partial charge >= 0.3 is 0 Å². The van der Waals surface area contributed by atoms with Crippen LogP contribution in [0.2, 0.25) is 5.02 Å². The molecule has 3 rings (SSSR count). The highest BCUT2D eigenvalue weighted by atomic mass is 35.5. The van der Waals surface area contributed by atoms with Crippen LogP contribution in [0.5, 0.6) is 17.2 Å². The first-order valence-corrected chi connectivity index (χ1v) is 11.0. The van der Waals surface area contributed by atoms with Crippen LogP contribution in [0.4, 0.5) is 0 Å². The highest BCUT2D eigenvalue weighted by Crippen LogP contribution is 2.38. The summed E-state index contributed by atoms with van der Waals surface area (Å²) in [6.45, 7) is 4.81. The lowest BCUT2D eigenvalue weighted by molar-refractivity contribution is 0.0997. The number of halogens is 1. The van der Waals surface area contributed by atoms with Gasteiger partial charge in [0.25, 0.3) is 5.91 Å². The van der Waals surface area contributed by atoms with Gasteiger partial charge in [-0.3, -0.25) is 4.79 Å². The third-order valence-electron chi connectivity index (χ3n) is 4.84. The van der Waals surface area contributed by atoms with E-state index in [4.69, 9.17) is 25.8 Å². The predicted molar refractivity (Wildman–Crippen MR) is 124 cm³/mol. The molecule has 0 saturated heterocycles. The molecule has 2 aromatic carbocycles. The molecule has 8 heteroatoms. The summed E-state index contributed by atoms with van der Waals surface area (Å²) in [6, 6.07) is 10.9. The summed E-state index contributed by atoms with van der Waals surface area (Å²) in [7, 11) is 4.55. The van der Waals surface area contributed by atoms with Crippen molar-refractivity contribution >= 4 is 28.8 Å². The quantitative estimate of drug-likeness (QED) is 0.485. The summed E-state index contributed by atoms with van der Waals surface area (Å²) in [4.78, 5) is 19.3. The van der Waals surface area contributed by atoms with E-state index in [1.54, 1.807) is 12.1 Å². The first-order chi connectivity index (χ1) is 15.0. The van der Waals surface area contributed by atoms with E-state index in [0.29, 0.717) is 39.2 Å². The van der Waals surface area contributed by atoms with Crippen molar-refractivity contribution in [2.75, 3.05) is 21.3 Å². The molecule has 0 atom stereocenters. The minimum Gasteiger partial charge on any atom is -0.493 e. The molecule has 6 nitrogen and oxygen atoms in total. The Morgan fingerprint density at radius 3 is 2.13 bits per heavy atom. The molecule has 0 spiro atoms. The molecule has 3 aromatic rings. The summed E-state index contributed by atoms with van der Waals surface area (Å²) >= 11 is 7.58. The third-order valence-corrected chi connectivity index (χ3v) is 6.32. The lowest BCUT2D eigenvalue weighted by Gasteiger charge is -2.12. The topological polar surface area (TPSA) is 62.1 Å². The number of aryl methyl sites for hydroxylation is 1. The van der Waals surface area contributed by atoms with E-state index in [-0.39, 0.29) is 5.91 Å². The van der Waals surface area contributed by atoms with Crippen LogP contribution in [0, 0.1) is 0 Å². The second kappa shape index (κ2) is 10.0. The van der Waals surface area contributed by atoms with Gasteiger partial charge < -0.3 is 18.8 Å². The van der Waals surface area contributed by atoms with Gasteiger partial charge in [-0.2, -0.15) is 4.99 Å². The lowest BCUT2D eigenvalue weighted by atomic mass is 10.1. The molecule has 31 heavy (non-hydrogen) atoms. The number of thiazole rings is 1. The fourth-order valence-electron chi connectivity index (χ4n) is 3.36. The summed E-state index contributed by atoms with van der Waals surface area (Å²) in [5, 5.41) is 0.683. The Morgan fingerprint density at radius 2 is 1.65 bits per heavy atom. The molecule has 0 aliphatic heterocycles. The maximum absolute atomic E-state index is 13.1. The first kappa shape index (κ1) is 22.9. The number of benzene rings is 2. The molecular formula is C23H25ClN2O4S. The second-order valence-corrected chi connectivity index (χ2v) is 8.09. The lowest BCUT2D eigenvalue weighted by Crippen LogP contribution is -2.17. The number of ether oxygens (including phenoxy) is 3. The van der Waals surface area contributed by atoms with E-state index in [2.05, 4.69) is 16.5 Å². The van der Waals surface area contributed by atoms with Crippen LogP contribution < -0.4 is 19.0 Å². The van der Waals surface area contributed by atoms with E-state index in [1.807, 2.05) is 31.2 Å². The second-order valence-electron chi connectivity index (χ2n) is 6.59. The third kappa shape index (κ3) is 4.62. The number of aromatic nitrogens is 1. The summed E-state index contributed by atoms with van der Waals surface area (Å²) in [5.41, 5.74) is 2.46. The molecule has 0 aliphatic rings. The van der Waals surface area contributed by atoms with Crippen molar-refractivity contribution < 1.29 is 19.0 Å². The SMILES string of the molecule is CCc1sc(=NC(=O)c2cc(OC)c(OC)c(OC)c2)n(CC)c1-c1ccc(Cl)cc1. The molecule has 1 amide bonds. The molecule has 0 saturated carbocycles. The number of amides is 1. The standard InChI is InChI=1S/C23H25ClN2O4S/c1-6-19-20(14-8-10-16(24)11-9-14)26(7-2)23(31-19)25-22(27)15-12-17(28-3)21(30-5)18(13-15)29-4/h8-13H,6-7H2,1-5H3. The van der Waals surface area contributed by atoms with E-state index >= 15 is 0 Å². The summed E-state index contributed by atoms with van der Waals surface area (Å²) < 4.78 is 18.1. The van der Waals surface area contributed by atoms with Gasteiger partial charge in [0.05, 0.1) is 27.0 Å². The Kier molecular flexibility index (Phi) is 7.41. The molecule has 1 heterocycles. The van der Waals surface area contributed by atoms with Gasteiger partial charge in [-0.15, -0.1) is 11.3 Å². The molecule has 1 aromatic heterocycles. The molecule has 0 bridgehead atoms. The largest absolute Gasteiger partial charge is 0.493 e. The normalized spacial score (nSPS) is 11.5. The van der Waals surface area contributed by atoms with Crippen molar-refractivity contribution in [2.45, 2.75) is 26.8 Å². The van der Waals surface area contributed by atoms with Crippen LogP contribution in [0.1, 0.15) is 29.1 Å². The smallest absolute Gasteiger partial charge is 0.279 e. The Morgan fingerprint density at radius 1 is 1.03 bits per heavy atom. The van der Waals surface area contributed by atoms with Gasteiger partial charge in [0.15, 0.2) is 16.3 Å². The molecule has 0 N–H and O–H groups in total. The van der Waals surface area contributed by atoms with Crippen LogP contribution in [0.25, 0.3) is 11.3 Å². The fourth-order valence-corrected chi connectivity index (χ4v) is 4.63. The maximum Gasteiger partial charge on any atom is 0.279 e. The average molecular weight is 461 g/mol. The van der Waals surface area contributed by atoms with Gasteiger partial charge in [-0.1, -0.05) is 30.7 Å². The van der Waals surface area contributed by atoms with Crippen molar-refractivity contribution in [3.05, 3.63) is 56.7 Å². The predicted octanol–water partition coefficient (Wildman–Crippen LogP) is 5.22. The number of rotatable bonds is 7. The zero-order valence-electron chi connectivity index (χ0n) is 18.2. The fraction of sp³-hybridized carbons (Fsp3) is 0.304. The number of hydrogen-bond acceptors (Lipinski definition) is 5. The van der Waals surface area contributed by atoms with Gasteiger partial charge in [-0.05, 0) is 43.2 Å². The zero-order chi connectivity index (χ0) is 22.5. The van der Waals surface area contributed by atoms with Crippen molar-refractivity contribution in [3.63, 3.8) is 0 Å². The van der Waals surface area contributed by atoms with Crippen LogP contribution in [-0.2, 0) is 13.0 Å². The minimum atomic E-state index is -0.381. The molecule has 0 fully saturated rings. The van der Waals surface area contributed by atoms with Gasteiger partial charge in [0, 0.05) is 22.0 Å². The molecule has 164 valence electrons. The van der Waals surface area contributed by atoms with Gasteiger partial charge in [0.1, 0.15) is 0 Å². The number of carbonyl (C=O) groups excluding carboxylic acids is 1. The van der Waals surface area contributed by atoms with Crippen molar-refractivity contribution in [1.29, 1.82) is 0 Å². The van der Waals surface area contributed by atoms with Crippen LogP contribution >= 0.6 is 22.9 Å². The zero-order valence-corrected chi connectivity index (χ0v) is 19.8. The number of carbonyl (C=O) groups is 1. The van der Waals surface area contributed by atoms with E-state index in [0.717, 1.165) is 22.6 Å². The highest BCUT2D eigenvalue weighted by molar-refractivity contribution is 7.09. The molecule has 0 radical (unpaired) electrons. The van der Waals surface area contributed by atoms with E-state index in [1.165, 1.54) is 32.7 Å². The van der Waals surface area contributed by atoms with Crippen molar-refractivity contribution in [3.8, 4) is 28.5 Å². The van der Waals surface area contributed by atoms with Gasteiger partial charge in [0.2, 0.25) is 5.75 Å². The number of nitrogens with zero attached hydrogens (tertiary/aromatic N) is 2. The number of hydrogen-bond donors (Lipinski definition) is 0. The first-order valence-electron chi connectivity index (χ1n) is 9.84. The average Bonchev–Trinajstić information content (AvgIpc) is 3.15. The summed E-state index contributed by atoms with van der Waals surface area (Å²) in [5.74, 6) is 0.865. The maximum atomic E-state index is 13.1. The molecular weight excluding hydrogens is 436 g/mol. The highest BCUT2D eigenvalue weighted by Gasteiger charge is 2.18. The Balaban J connectivity index is 2.14. The Bertz CT molecular complexity index is 1120. The number of methoxy groups -OCH3 is 3.